The summed E-state index contributed by atoms with van der Waals surface area (Å²) in [6, 6.07) is 3.79. The third-order valence-electron chi connectivity index (χ3n) is 2.35. The lowest BCUT2D eigenvalue weighted by Gasteiger charge is -1.98. The zero-order chi connectivity index (χ0) is 13.0. The molecule has 0 aliphatic rings. The predicted octanol–water partition coefficient (Wildman–Crippen LogP) is -0.197. The van der Waals surface area contributed by atoms with Gasteiger partial charge in [0.25, 0.3) is 0 Å². The number of hydrogen-bond acceptors (Lipinski definition) is 5. The second-order valence-corrected chi connectivity index (χ2v) is 3.90. The maximum Gasteiger partial charge on any atom is 0.234 e. The molecule has 7 nitrogen and oxygen atoms in total. The van der Waals surface area contributed by atoms with E-state index in [1.54, 1.807) is 10.9 Å². The van der Waals surface area contributed by atoms with Crippen molar-refractivity contribution < 1.29 is 9.21 Å². The summed E-state index contributed by atoms with van der Waals surface area (Å²) in [5.74, 6) is 1.46. The zero-order valence-corrected chi connectivity index (χ0v) is 10.1. The fourth-order valence-electron chi connectivity index (χ4n) is 1.49. The average Bonchev–Trinajstić information content (AvgIpc) is 2.96. The first-order chi connectivity index (χ1) is 8.67. The number of furan rings is 1. The van der Waals surface area contributed by atoms with Crippen LogP contribution in [0.2, 0.25) is 0 Å². The average molecular weight is 249 g/mol. The minimum absolute atomic E-state index is 0.0280. The number of nitrogens with one attached hydrogen (secondary N) is 1. The number of carbonyl (C=O) groups excluding carboxylic acids is 1. The molecule has 2 aromatic heterocycles. The highest BCUT2D eigenvalue weighted by molar-refractivity contribution is 5.77. The zero-order valence-electron chi connectivity index (χ0n) is 10.1. The molecule has 0 unspecified atom stereocenters. The number of rotatable bonds is 5. The Balaban J connectivity index is 1.91. The minimum atomic E-state index is -0.216. The van der Waals surface area contributed by atoms with Crippen molar-refractivity contribution in [2.24, 2.45) is 5.73 Å². The first kappa shape index (κ1) is 12.3. The van der Waals surface area contributed by atoms with Gasteiger partial charge in [0, 0.05) is 0 Å². The van der Waals surface area contributed by atoms with Gasteiger partial charge >= 0.3 is 0 Å². The summed E-state index contributed by atoms with van der Waals surface area (Å²) in [5, 5.41) is 10.5. The van der Waals surface area contributed by atoms with Gasteiger partial charge in [-0.1, -0.05) is 5.21 Å². The first-order valence-electron chi connectivity index (χ1n) is 5.58. The number of aryl methyl sites for hydroxylation is 1. The Bertz CT molecular complexity index is 531. The van der Waals surface area contributed by atoms with Gasteiger partial charge in [0.1, 0.15) is 23.8 Å². The summed E-state index contributed by atoms with van der Waals surface area (Å²) < 4.78 is 7.09. The van der Waals surface area contributed by atoms with E-state index in [4.69, 9.17) is 10.2 Å². The van der Waals surface area contributed by atoms with Gasteiger partial charge in [-0.25, -0.2) is 4.68 Å². The van der Waals surface area contributed by atoms with Gasteiger partial charge < -0.3 is 15.5 Å². The molecule has 18 heavy (non-hydrogen) atoms. The van der Waals surface area contributed by atoms with Gasteiger partial charge in [-0.3, -0.25) is 4.79 Å². The monoisotopic (exact) mass is 249 g/mol. The largest absolute Gasteiger partial charge is 0.464 e. The van der Waals surface area contributed by atoms with E-state index in [1.165, 1.54) is 0 Å². The van der Waals surface area contributed by atoms with Gasteiger partial charge in [0.05, 0.1) is 19.3 Å². The van der Waals surface area contributed by atoms with Crippen LogP contribution in [0.1, 0.15) is 17.2 Å². The lowest BCUT2D eigenvalue weighted by atomic mass is 10.4. The van der Waals surface area contributed by atoms with E-state index in [0.717, 1.165) is 11.5 Å². The Labute approximate surface area is 104 Å². The van der Waals surface area contributed by atoms with E-state index < -0.39 is 0 Å². The molecule has 0 radical (unpaired) electrons. The molecule has 7 heteroatoms. The fourth-order valence-corrected chi connectivity index (χ4v) is 1.49. The van der Waals surface area contributed by atoms with Crippen molar-refractivity contribution in [3.8, 4) is 0 Å². The van der Waals surface area contributed by atoms with Crippen LogP contribution in [0.4, 0.5) is 0 Å². The number of nitrogens with two attached hydrogens (primary N) is 1. The van der Waals surface area contributed by atoms with Crippen molar-refractivity contribution in [1.29, 1.82) is 0 Å². The van der Waals surface area contributed by atoms with Crippen LogP contribution in [0, 0.1) is 6.92 Å². The summed E-state index contributed by atoms with van der Waals surface area (Å²) in [5.41, 5.74) is 5.86. The van der Waals surface area contributed by atoms with E-state index in [-0.39, 0.29) is 12.5 Å². The highest BCUT2D eigenvalue weighted by Crippen LogP contribution is 2.07. The fraction of sp³-hybridized carbons (Fsp3) is 0.364. The van der Waals surface area contributed by atoms with E-state index in [1.807, 2.05) is 19.1 Å². The third kappa shape index (κ3) is 3.17. The van der Waals surface area contributed by atoms with E-state index in [0.29, 0.717) is 18.8 Å². The SMILES string of the molecule is Cc1ccc(Cn2cc(CNC(=O)CN)nn2)o1. The molecule has 2 rings (SSSR count). The maximum absolute atomic E-state index is 11.0. The molecule has 0 spiro atoms. The van der Waals surface area contributed by atoms with Crippen LogP contribution in [0.25, 0.3) is 0 Å². The van der Waals surface area contributed by atoms with Crippen LogP contribution >= 0.6 is 0 Å². The molecule has 0 aromatic carbocycles. The molecule has 0 saturated heterocycles. The number of hydrogen-bond donors (Lipinski definition) is 2. The lowest BCUT2D eigenvalue weighted by Crippen LogP contribution is -2.29. The quantitative estimate of drug-likeness (QED) is 0.764. The Hall–Kier alpha value is -2.15. The molecule has 0 bridgehead atoms. The molecule has 1 amide bonds. The summed E-state index contributed by atoms with van der Waals surface area (Å²) in [6.07, 6.45) is 1.76. The van der Waals surface area contributed by atoms with Crippen LogP contribution in [0.3, 0.4) is 0 Å². The van der Waals surface area contributed by atoms with Gasteiger partial charge in [-0.15, -0.1) is 5.10 Å². The van der Waals surface area contributed by atoms with Crippen molar-refractivity contribution >= 4 is 5.91 Å². The van der Waals surface area contributed by atoms with Crippen molar-refractivity contribution in [3.05, 3.63) is 35.5 Å². The molecule has 0 atom stereocenters. The highest BCUT2D eigenvalue weighted by Gasteiger charge is 2.05. The van der Waals surface area contributed by atoms with E-state index in [9.17, 15) is 4.79 Å². The highest BCUT2D eigenvalue weighted by atomic mass is 16.3. The molecule has 0 aliphatic heterocycles. The van der Waals surface area contributed by atoms with Crippen molar-refractivity contribution in [2.45, 2.75) is 20.0 Å². The van der Waals surface area contributed by atoms with Crippen LogP contribution in [0.5, 0.6) is 0 Å². The van der Waals surface area contributed by atoms with E-state index in [2.05, 4.69) is 15.6 Å². The van der Waals surface area contributed by atoms with Crippen LogP contribution in [0.15, 0.2) is 22.7 Å². The van der Waals surface area contributed by atoms with Crippen molar-refractivity contribution in [3.63, 3.8) is 0 Å². The maximum atomic E-state index is 11.0. The Kier molecular flexibility index (Phi) is 3.73. The van der Waals surface area contributed by atoms with Gasteiger partial charge in [-0.2, -0.15) is 0 Å². The van der Waals surface area contributed by atoms with E-state index >= 15 is 0 Å². The van der Waals surface area contributed by atoms with Gasteiger partial charge in [0.15, 0.2) is 0 Å². The summed E-state index contributed by atoms with van der Waals surface area (Å²) in [7, 11) is 0. The van der Waals surface area contributed by atoms with Crippen LogP contribution in [-0.2, 0) is 17.9 Å². The van der Waals surface area contributed by atoms with Crippen LogP contribution in [-0.4, -0.2) is 27.4 Å². The molecular weight excluding hydrogens is 234 g/mol. The molecule has 3 N–H and O–H groups in total. The minimum Gasteiger partial charge on any atom is -0.464 e. The Morgan fingerprint density at radius 2 is 2.39 bits per heavy atom. The number of amides is 1. The molecule has 2 aromatic rings. The summed E-state index contributed by atoms with van der Waals surface area (Å²) in [4.78, 5) is 11.0. The normalized spacial score (nSPS) is 10.6. The van der Waals surface area contributed by atoms with Crippen molar-refractivity contribution in [1.82, 2.24) is 20.3 Å². The molecule has 2 heterocycles. The van der Waals surface area contributed by atoms with Gasteiger partial charge in [-0.05, 0) is 19.1 Å². The summed E-state index contributed by atoms with van der Waals surface area (Å²) in [6.45, 7) is 2.71. The molecular formula is C11H15N5O2. The smallest absolute Gasteiger partial charge is 0.234 e. The molecule has 0 fully saturated rings. The lowest BCUT2D eigenvalue weighted by molar-refractivity contribution is -0.119. The van der Waals surface area contributed by atoms with Crippen molar-refractivity contribution in [2.75, 3.05) is 6.54 Å². The Morgan fingerprint density at radius 1 is 1.56 bits per heavy atom. The standard InChI is InChI=1S/C11H15N5O2/c1-8-2-3-10(18-8)7-16-6-9(14-15-16)5-13-11(17)4-12/h2-3,6H,4-5,7,12H2,1H3,(H,13,17). The van der Waals surface area contributed by atoms with Crippen LogP contribution < -0.4 is 11.1 Å². The summed E-state index contributed by atoms with van der Waals surface area (Å²) >= 11 is 0. The van der Waals surface area contributed by atoms with Gasteiger partial charge in [0.2, 0.25) is 5.91 Å². The number of carbonyl (C=O) groups is 1. The molecule has 96 valence electrons. The topological polar surface area (TPSA) is 99.0 Å². The number of aromatic nitrogens is 3. The second kappa shape index (κ2) is 5.46. The Morgan fingerprint density at radius 3 is 3.06 bits per heavy atom. The molecule has 0 saturated carbocycles. The first-order valence-corrected chi connectivity index (χ1v) is 5.58. The predicted molar refractivity (Wildman–Crippen MR) is 63.5 cm³/mol. The number of nitrogens with zero attached hydrogens (tertiary/aromatic N) is 3. The second-order valence-electron chi connectivity index (χ2n) is 3.90. The third-order valence-corrected chi connectivity index (χ3v) is 2.35. The molecule has 0 aliphatic carbocycles.